The van der Waals surface area contributed by atoms with E-state index in [4.69, 9.17) is 4.74 Å². The smallest absolute Gasteiger partial charge is 0.306 e. The summed E-state index contributed by atoms with van der Waals surface area (Å²) < 4.78 is 5.61. The monoisotopic (exact) mass is 270 g/mol. The zero-order chi connectivity index (χ0) is 14.3. The third-order valence-corrected chi connectivity index (χ3v) is 3.52. The summed E-state index contributed by atoms with van der Waals surface area (Å²) in [5, 5.41) is 0. The first-order chi connectivity index (χ1) is 9.24. The topological polar surface area (TPSA) is 26.3 Å². The molecular formula is C17H34O2. The van der Waals surface area contributed by atoms with Gasteiger partial charge in [0, 0.05) is 6.42 Å². The van der Waals surface area contributed by atoms with Gasteiger partial charge in [0.15, 0.2) is 0 Å². The van der Waals surface area contributed by atoms with Gasteiger partial charge >= 0.3 is 5.97 Å². The SMILES string of the molecule is CCCCCCCC(CCC)OC(=O)CCCCC. The number of esters is 1. The van der Waals surface area contributed by atoms with Crippen molar-refractivity contribution < 1.29 is 9.53 Å². The molecule has 0 aliphatic rings. The summed E-state index contributed by atoms with van der Waals surface area (Å²) in [5.41, 5.74) is 0. The molecule has 0 aliphatic carbocycles. The highest BCUT2D eigenvalue weighted by Gasteiger charge is 2.13. The van der Waals surface area contributed by atoms with Crippen LogP contribution in [0.15, 0.2) is 0 Å². The summed E-state index contributed by atoms with van der Waals surface area (Å²) in [6.45, 7) is 6.55. The first-order valence-electron chi connectivity index (χ1n) is 8.44. The number of carbonyl (C=O) groups excluding carboxylic acids is 1. The average molecular weight is 270 g/mol. The van der Waals surface area contributed by atoms with Crippen LogP contribution in [0.5, 0.6) is 0 Å². The van der Waals surface area contributed by atoms with Crippen molar-refractivity contribution >= 4 is 5.97 Å². The Labute approximate surface area is 120 Å². The summed E-state index contributed by atoms with van der Waals surface area (Å²) in [6.07, 6.45) is 13.6. The van der Waals surface area contributed by atoms with Crippen LogP contribution in [0.1, 0.15) is 97.8 Å². The Morgan fingerprint density at radius 3 is 2.05 bits per heavy atom. The van der Waals surface area contributed by atoms with Crippen molar-refractivity contribution in [2.45, 2.75) is 104 Å². The van der Waals surface area contributed by atoms with Gasteiger partial charge in [-0.05, 0) is 25.7 Å². The lowest BCUT2D eigenvalue weighted by Gasteiger charge is -2.17. The third-order valence-electron chi connectivity index (χ3n) is 3.52. The molecular weight excluding hydrogens is 236 g/mol. The highest BCUT2D eigenvalue weighted by molar-refractivity contribution is 5.69. The molecule has 0 heterocycles. The highest BCUT2D eigenvalue weighted by atomic mass is 16.5. The van der Waals surface area contributed by atoms with Gasteiger partial charge in [-0.25, -0.2) is 0 Å². The molecule has 0 bridgehead atoms. The zero-order valence-electron chi connectivity index (χ0n) is 13.4. The third kappa shape index (κ3) is 12.3. The highest BCUT2D eigenvalue weighted by Crippen LogP contribution is 2.15. The van der Waals surface area contributed by atoms with E-state index in [0.717, 1.165) is 38.5 Å². The second kappa shape index (κ2) is 13.9. The minimum absolute atomic E-state index is 0.0143. The molecule has 0 spiro atoms. The minimum Gasteiger partial charge on any atom is -0.462 e. The zero-order valence-corrected chi connectivity index (χ0v) is 13.4. The predicted octanol–water partition coefficient (Wildman–Crippen LogP) is 5.64. The maximum absolute atomic E-state index is 11.7. The molecule has 0 saturated heterocycles. The molecule has 0 rings (SSSR count). The number of hydrogen-bond donors (Lipinski definition) is 0. The van der Waals surface area contributed by atoms with E-state index in [1.165, 1.54) is 32.1 Å². The molecule has 0 aromatic rings. The van der Waals surface area contributed by atoms with E-state index in [0.29, 0.717) is 6.42 Å². The Bertz CT molecular complexity index is 201. The van der Waals surface area contributed by atoms with Gasteiger partial charge in [0.05, 0.1) is 0 Å². The van der Waals surface area contributed by atoms with Gasteiger partial charge in [0.1, 0.15) is 6.10 Å². The van der Waals surface area contributed by atoms with E-state index in [-0.39, 0.29) is 12.1 Å². The van der Waals surface area contributed by atoms with Crippen LogP contribution in [0, 0.1) is 0 Å². The lowest BCUT2D eigenvalue weighted by atomic mass is 10.0. The minimum atomic E-state index is 0.0143. The average Bonchev–Trinajstić information content (AvgIpc) is 2.39. The number of unbranched alkanes of at least 4 members (excludes halogenated alkanes) is 6. The fourth-order valence-corrected chi connectivity index (χ4v) is 2.32. The van der Waals surface area contributed by atoms with Gasteiger partial charge in [-0.2, -0.15) is 0 Å². The van der Waals surface area contributed by atoms with Crippen molar-refractivity contribution in [1.29, 1.82) is 0 Å². The van der Waals surface area contributed by atoms with E-state index in [1.807, 2.05) is 0 Å². The maximum atomic E-state index is 11.7. The molecule has 1 unspecified atom stereocenters. The predicted molar refractivity (Wildman–Crippen MR) is 82.3 cm³/mol. The maximum Gasteiger partial charge on any atom is 0.306 e. The first-order valence-corrected chi connectivity index (χ1v) is 8.44. The lowest BCUT2D eigenvalue weighted by molar-refractivity contribution is -0.150. The van der Waals surface area contributed by atoms with Gasteiger partial charge in [0.2, 0.25) is 0 Å². The van der Waals surface area contributed by atoms with Gasteiger partial charge in [-0.3, -0.25) is 4.79 Å². The molecule has 114 valence electrons. The normalized spacial score (nSPS) is 12.4. The van der Waals surface area contributed by atoms with Crippen LogP contribution in [0.4, 0.5) is 0 Å². The molecule has 0 N–H and O–H groups in total. The van der Waals surface area contributed by atoms with Crippen LogP contribution in [0.3, 0.4) is 0 Å². The van der Waals surface area contributed by atoms with Crippen molar-refractivity contribution in [2.24, 2.45) is 0 Å². The summed E-state index contributed by atoms with van der Waals surface area (Å²) in [5.74, 6) is 0.0143. The van der Waals surface area contributed by atoms with Gasteiger partial charge in [-0.1, -0.05) is 65.7 Å². The van der Waals surface area contributed by atoms with E-state index in [2.05, 4.69) is 20.8 Å². The standard InChI is InChI=1S/C17H34O2/c1-4-7-9-10-12-14-16(13-6-3)19-17(18)15-11-8-5-2/h16H,4-15H2,1-3H3. The van der Waals surface area contributed by atoms with Crippen LogP contribution in [0.2, 0.25) is 0 Å². The molecule has 0 aromatic heterocycles. The Kier molecular flexibility index (Phi) is 13.5. The molecule has 0 fully saturated rings. The van der Waals surface area contributed by atoms with Crippen molar-refractivity contribution in [3.8, 4) is 0 Å². The van der Waals surface area contributed by atoms with E-state index >= 15 is 0 Å². The van der Waals surface area contributed by atoms with E-state index in [9.17, 15) is 4.79 Å². The number of carbonyl (C=O) groups is 1. The molecule has 2 heteroatoms. The molecule has 0 aromatic carbocycles. The van der Waals surface area contributed by atoms with Gasteiger partial charge in [0.25, 0.3) is 0 Å². The summed E-state index contributed by atoms with van der Waals surface area (Å²) in [7, 11) is 0. The molecule has 0 amide bonds. The second-order valence-corrected chi connectivity index (χ2v) is 5.56. The van der Waals surface area contributed by atoms with Crippen molar-refractivity contribution in [3.63, 3.8) is 0 Å². The number of hydrogen-bond acceptors (Lipinski definition) is 2. The molecule has 1 atom stereocenters. The quantitative estimate of drug-likeness (QED) is 0.320. The molecule has 19 heavy (non-hydrogen) atoms. The molecule has 2 nitrogen and oxygen atoms in total. The van der Waals surface area contributed by atoms with Gasteiger partial charge < -0.3 is 4.74 Å². The molecule has 0 saturated carbocycles. The molecule has 0 radical (unpaired) electrons. The molecule has 0 aliphatic heterocycles. The fourth-order valence-electron chi connectivity index (χ4n) is 2.32. The largest absolute Gasteiger partial charge is 0.462 e. The first kappa shape index (κ1) is 18.5. The number of rotatable bonds is 13. The van der Waals surface area contributed by atoms with Crippen LogP contribution >= 0.6 is 0 Å². The lowest BCUT2D eigenvalue weighted by Crippen LogP contribution is -2.18. The van der Waals surface area contributed by atoms with Crippen molar-refractivity contribution in [1.82, 2.24) is 0 Å². The van der Waals surface area contributed by atoms with Crippen LogP contribution in [-0.4, -0.2) is 12.1 Å². The summed E-state index contributed by atoms with van der Waals surface area (Å²) in [4.78, 5) is 11.7. The Morgan fingerprint density at radius 2 is 1.42 bits per heavy atom. The Hall–Kier alpha value is -0.530. The van der Waals surface area contributed by atoms with Crippen molar-refractivity contribution in [2.75, 3.05) is 0 Å². The fraction of sp³-hybridized carbons (Fsp3) is 0.941. The van der Waals surface area contributed by atoms with Gasteiger partial charge in [-0.15, -0.1) is 0 Å². The Balaban J connectivity index is 3.74. The van der Waals surface area contributed by atoms with E-state index in [1.54, 1.807) is 0 Å². The second-order valence-electron chi connectivity index (χ2n) is 5.56. The number of ether oxygens (including phenoxy) is 1. The van der Waals surface area contributed by atoms with Crippen LogP contribution in [-0.2, 0) is 9.53 Å². The van der Waals surface area contributed by atoms with Crippen molar-refractivity contribution in [3.05, 3.63) is 0 Å². The van der Waals surface area contributed by atoms with Crippen LogP contribution < -0.4 is 0 Å². The Morgan fingerprint density at radius 1 is 0.789 bits per heavy atom. The summed E-state index contributed by atoms with van der Waals surface area (Å²) >= 11 is 0. The van der Waals surface area contributed by atoms with Crippen LogP contribution in [0.25, 0.3) is 0 Å². The van der Waals surface area contributed by atoms with E-state index < -0.39 is 0 Å². The summed E-state index contributed by atoms with van der Waals surface area (Å²) in [6, 6.07) is 0.